The summed E-state index contributed by atoms with van der Waals surface area (Å²) in [5.74, 6) is -2.52. The largest absolute Gasteiger partial charge is 0.508 e. The van der Waals surface area contributed by atoms with E-state index in [9.17, 15) is 29.1 Å². The van der Waals surface area contributed by atoms with Gasteiger partial charge < -0.3 is 24.9 Å². The number of hydrogen-bond donors (Lipinski definition) is 4. The molecule has 3 atom stereocenters. The Bertz CT molecular complexity index is 1730. The molecular weight excluding hydrogens is 578 g/mol. The van der Waals surface area contributed by atoms with Crippen molar-refractivity contribution in [1.82, 2.24) is 16.0 Å². The SMILES string of the molecule is CC[C@H](C)[C@H](NC(=O)OCc1ccccc1)C(=O)N[C@@H](Cc1ccc(O)cc1)C(=O)NC(=O)c1ccc2c(C)cc(=O)oc2c1. The van der Waals surface area contributed by atoms with Gasteiger partial charge in [-0.2, -0.15) is 0 Å². The summed E-state index contributed by atoms with van der Waals surface area (Å²) in [6.45, 7) is 5.38. The van der Waals surface area contributed by atoms with Gasteiger partial charge in [-0.25, -0.2) is 9.59 Å². The number of benzene rings is 3. The average Bonchev–Trinajstić information content (AvgIpc) is 3.02. The third kappa shape index (κ3) is 8.79. The topological polar surface area (TPSA) is 164 Å². The van der Waals surface area contributed by atoms with E-state index in [1.807, 2.05) is 25.1 Å². The lowest BCUT2D eigenvalue weighted by Crippen LogP contribution is -2.56. The zero-order valence-electron chi connectivity index (χ0n) is 25.2. The van der Waals surface area contributed by atoms with Crippen LogP contribution in [-0.2, 0) is 27.4 Å². The van der Waals surface area contributed by atoms with Crippen LogP contribution >= 0.6 is 0 Å². The van der Waals surface area contributed by atoms with Crippen LogP contribution in [0.3, 0.4) is 0 Å². The minimum Gasteiger partial charge on any atom is -0.508 e. The summed E-state index contributed by atoms with van der Waals surface area (Å²) in [6, 6.07) is 18.7. The molecule has 4 amide bonds. The maximum atomic E-state index is 13.6. The molecule has 3 aromatic carbocycles. The number of amides is 4. The molecule has 0 radical (unpaired) electrons. The Morgan fingerprint density at radius 1 is 0.889 bits per heavy atom. The van der Waals surface area contributed by atoms with E-state index in [0.29, 0.717) is 22.9 Å². The van der Waals surface area contributed by atoms with Gasteiger partial charge in [0.2, 0.25) is 11.8 Å². The Hall–Kier alpha value is -5.45. The van der Waals surface area contributed by atoms with E-state index in [2.05, 4.69) is 16.0 Å². The summed E-state index contributed by atoms with van der Waals surface area (Å²) in [7, 11) is 0. The number of alkyl carbamates (subject to hydrolysis) is 1. The number of aryl methyl sites for hydroxylation is 1. The van der Waals surface area contributed by atoms with E-state index in [1.54, 1.807) is 44.2 Å². The van der Waals surface area contributed by atoms with Gasteiger partial charge in [-0.3, -0.25) is 19.7 Å². The van der Waals surface area contributed by atoms with E-state index in [0.717, 1.165) is 5.56 Å². The molecular formula is C34H35N3O8. The Morgan fingerprint density at radius 3 is 2.29 bits per heavy atom. The molecule has 234 valence electrons. The molecule has 0 aliphatic carbocycles. The smallest absolute Gasteiger partial charge is 0.408 e. The van der Waals surface area contributed by atoms with E-state index in [4.69, 9.17) is 9.15 Å². The van der Waals surface area contributed by atoms with Crippen molar-refractivity contribution in [2.24, 2.45) is 5.92 Å². The molecule has 0 spiro atoms. The van der Waals surface area contributed by atoms with Crippen molar-refractivity contribution in [3.05, 3.63) is 112 Å². The normalized spacial score (nSPS) is 12.9. The highest BCUT2D eigenvalue weighted by molar-refractivity contribution is 6.08. The van der Waals surface area contributed by atoms with Gasteiger partial charge >= 0.3 is 11.7 Å². The van der Waals surface area contributed by atoms with Gasteiger partial charge in [-0.15, -0.1) is 0 Å². The quantitative estimate of drug-likeness (QED) is 0.183. The second kappa shape index (κ2) is 14.8. The molecule has 1 aromatic heterocycles. The van der Waals surface area contributed by atoms with E-state index < -0.39 is 41.5 Å². The van der Waals surface area contributed by atoms with Crippen molar-refractivity contribution in [1.29, 1.82) is 0 Å². The van der Waals surface area contributed by atoms with Gasteiger partial charge in [-0.1, -0.05) is 68.8 Å². The number of carbonyl (C=O) groups is 4. The lowest BCUT2D eigenvalue weighted by atomic mass is 9.97. The Labute approximate surface area is 259 Å². The highest BCUT2D eigenvalue weighted by Crippen LogP contribution is 2.18. The van der Waals surface area contributed by atoms with Crippen LogP contribution in [0.5, 0.6) is 5.75 Å². The van der Waals surface area contributed by atoms with Crippen LogP contribution in [0.2, 0.25) is 0 Å². The molecule has 4 rings (SSSR count). The van der Waals surface area contributed by atoms with Crippen LogP contribution in [0.4, 0.5) is 4.79 Å². The molecule has 0 aliphatic rings. The minimum atomic E-state index is -1.24. The molecule has 0 bridgehead atoms. The minimum absolute atomic E-state index is 0.00721. The van der Waals surface area contributed by atoms with Gasteiger partial charge in [0.1, 0.15) is 30.0 Å². The van der Waals surface area contributed by atoms with Crippen molar-refractivity contribution in [3.8, 4) is 5.75 Å². The molecule has 4 N–H and O–H groups in total. The first-order chi connectivity index (χ1) is 21.5. The Balaban J connectivity index is 1.51. The molecule has 11 nitrogen and oxygen atoms in total. The van der Waals surface area contributed by atoms with Crippen molar-refractivity contribution >= 4 is 34.8 Å². The van der Waals surface area contributed by atoms with Crippen LogP contribution < -0.4 is 21.6 Å². The monoisotopic (exact) mass is 613 g/mol. The van der Waals surface area contributed by atoms with E-state index in [-0.39, 0.29) is 35.8 Å². The number of hydrogen-bond acceptors (Lipinski definition) is 8. The van der Waals surface area contributed by atoms with Gasteiger partial charge in [0.05, 0.1) is 0 Å². The van der Waals surface area contributed by atoms with Crippen molar-refractivity contribution in [3.63, 3.8) is 0 Å². The lowest BCUT2D eigenvalue weighted by Gasteiger charge is -2.26. The number of imide groups is 1. The first-order valence-corrected chi connectivity index (χ1v) is 14.5. The standard InChI is InChI=1S/C34H35N3O8/c1-4-20(2)30(36-34(43)44-19-23-8-6-5-7-9-23)33(42)35-27(17-22-10-13-25(38)14-11-22)32(41)37-31(40)24-12-15-26-21(3)16-29(39)45-28(26)18-24/h5-16,18,20,27,30,38H,4,17,19H2,1-3H3,(H,35,42)(H,36,43)(H,37,40,41)/t20-,27-,30-/m0/s1. The molecule has 0 fully saturated rings. The first-order valence-electron chi connectivity index (χ1n) is 14.5. The third-order valence-electron chi connectivity index (χ3n) is 7.44. The fraction of sp³-hybridized carbons (Fsp3) is 0.265. The predicted molar refractivity (Wildman–Crippen MR) is 166 cm³/mol. The fourth-order valence-corrected chi connectivity index (χ4v) is 4.67. The van der Waals surface area contributed by atoms with Gasteiger partial charge in [0.25, 0.3) is 5.91 Å². The summed E-state index contributed by atoms with van der Waals surface area (Å²) in [4.78, 5) is 64.6. The van der Waals surface area contributed by atoms with Gasteiger partial charge in [0, 0.05) is 23.4 Å². The Kier molecular flexibility index (Phi) is 10.7. The number of aromatic hydroxyl groups is 1. The maximum Gasteiger partial charge on any atom is 0.408 e. The fourth-order valence-electron chi connectivity index (χ4n) is 4.67. The average molecular weight is 614 g/mol. The lowest BCUT2D eigenvalue weighted by molar-refractivity contribution is -0.130. The van der Waals surface area contributed by atoms with Crippen LogP contribution in [-0.4, -0.2) is 41.0 Å². The van der Waals surface area contributed by atoms with Gasteiger partial charge in [0.15, 0.2) is 0 Å². The highest BCUT2D eigenvalue weighted by Gasteiger charge is 2.31. The van der Waals surface area contributed by atoms with Crippen LogP contribution in [0.15, 0.2) is 88.1 Å². The predicted octanol–water partition coefficient (Wildman–Crippen LogP) is 4.13. The van der Waals surface area contributed by atoms with Crippen LogP contribution in [0.1, 0.15) is 47.3 Å². The van der Waals surface area contributed by atoms with E-state index >= 15 is 0 Å². The Morgan fingerprint density at radius 2 is 1.60 bits per heavy atom. The zero-order valence-corrected chi connectivity index (χ0v) is 25.2. The maximum absolute atomic E-state index is 13.6. The van der Waals surface area contributed by atoms with Crippen LogP contribution in [0.25, 0.3) is 11.0 Å². The number of carbonyl (C=O) groups excluding carboxylic acids is 4. The number of nitrogens with one attached hydrogen (secondary N) is 3. The van der Waals surface area contributed by atoms with E-state index in [1.165, 1.54) is 30.3 Å². The number of ether oxygens (including phenoxy) is 1. The zero-order chi connectivity index (χ0) is 32.5. The third-order valence-corrected chi connectivity index (χ3v) is 7.44. The van der Waals surface area contributed by atoms with Crippen molar-refractivity contribution < 1.29 is 33.4 Å². The summed E-state index contributed by atoms with van der Waals surface area (Å²) < 4.78 is 10.5. The molecule has 11 heteroatoms. The second-order valence-electron chi connectivity index (χ2n) is 10.8. The molecule has 4 aromatic rings. The number of phenols is 1. The summed E-state index contributed by atoms with van der Waals surface area (Å²) in [5, 5.41) is 17.9. The highest BCUT2D eigenvalue weighted by atomic mass is 16.5. The molecule has 0 unspecified atom stereocenters. The summed E-state index contributed by atoms with van der Waals surface area (Å²) in [6.07, 6.45) is -0.294. The summed E-state index contributed by atoms with van der Waals surface area (Å²) in [5.41, 5.74) is 1.73. The number of rotatable bonds is 11. The van der Waals surface area contributed by atoms with Crippen molar-refractivity contribution in [2.45, 2.75) is 52.3 Å². The molecule has 0 saturated carbocycles. The molecule has 0 aliphatic heterocycles. The summed E-state index contributed by atoms with van der Waals surface area (Å²) >= 11 is 0. The van der Waals surface area contributed by atoms with Gasteiger partial charge in [-0.05, 0) is 53.8 Å². The second-order valence-corrected chi connectivity index (χ2v) is 10.8. The first kappa shape index (κ1) is 32.5. The van der Waals surface area contributed by atoms with Crippen molar-refractivity contribution in [2.75, 3.05) is 0 Å². The van der Waals surface area contributed by atoms with Crippen LogP contribution in [0, 0.1) is 12.8 Å². The molecule has 1 heterocycles. The number of phenolic OH excluding ortho intramolecular Hbond substituents is 1. The number of fused-ring (bicyclic) bond motifs is 1. The molecule has 45 heavy (non-hydrogen) atoms. The molecule has 0 saturated heterocycles.